The van der Waals surface area contributed by atoms with Crippen LogP contribution < -0.4 is 0 Å². The summed E-state index contributed by atoms with van der Waals surface area (Å²) in [7, 11) is 0. The van der Waals surface area contributed by atoms with E-state index in [1.54, 1.807) is 38.1 Å². The van der Waals surface area contributed by atoms with Gasteiger partial charge in [-0.05, 0) is 160 Å². The van der Waals surface area contributed by atoms with Gasteiger partial charge < -0.3 is 5.53 Å². The SMILES string of the molecule is CCCCCCCCC1=C(c2cc(CCCC)c(CCCCC)c(CCCC)c2)[N+](=[N-])C(c2cc(CCCC)c(CCCCC)c(CCCC)c2)=C1CCCC.[CH3][Pd][CH3]. The van der Waals surface area contributed by atoms with E-state index in [0.29, 0.717) is 0 Å². The Hall–Kier alpha value is -1.82. The number of hydrogen-bond acceptors (Lipinski definition) is 0. The molecule has 0 aliphatic carbocycles. The summed E-state index contributed by atoms with van der Waals surface area (Å²) in [5.41, 5.74) is 30.0. The number of unbranched alkanes of at least 4 members (excludes halogenated alkanes) is 14. The molecule has 0 amide bonds. The van der Waals surface area contributed by atoms with Crippen LogP contribution in [0.3, 0.4) is 0 Å². The minimum absolute atomic E-state index is 0.950. The van der Waals surface area contributed by atoms with Gasteiger partial charge in [0.05, 0.1) is 0 Å². The molecule has 59 heavy (non-hydrogen) atoms. The number of benzene rings is 2. The topological polar surface area (TPSA) is 25.3 Å². The molecule has 3 rings (SSSR count). The van der Waals surface area contributed by atoms with Gasteiger partial charge in [0, 0.05) is 22.3 Å². The summed E-state index contributed by atoms with van der Waals surface area (Å²) >= 11 is 0.950. The third-order valence-electron chi connectivity index (χ3n) is 12.6. The molecule has 338 valence electrons. The summed E-state index contributed by atoms with van der Waals surface area (Å²) in [6.45, 7) is 18.6. The Kier molecular flexibility index (Phi) is 29.7. The van der Waals surface area contributed by atoms with E-state index in [-0.39, 0.29) is 0 Å². The quantitative estimate of drug-likeness (QED) is 0.0397. The zero-order chi connectivity index (χ0) is 43.3. The van der Waals surface area contributed by atoms with Crippen LogP contribution >= 0.6 is 0 Å². The molecule has 0 spiro atoms. The summed E-state index contributed by atoms with van der Waals surface area (Å²) in [4.78, 5) is 0. The van der Waals surface area contributed by atoms with Gasteiger partial charge in [-0.15, -0.1) is 0 Å². The van der Waals surface area contributed by atoms with Gasteiger partial charge in [-0.3, -0.25) is 0 Å². The minimum atomic E-state index is 0.950. The molecule has 2 aromatic rings. The van der Waals surface area contributed by atoms with E-state index in [4.69, 9.17) is 0 Å². The maximum absolute atomic E-state index is 12.9. The summed E-state index contributed by atoms with van der Waals surface area (Å²) in [5, 5.41) is 4.35. The van der Waals surface area contributed by atoms with Crippen molar-refractivity contribution < 1.29 is 22.7 Å². The normalized spacial score (nSPS) is 12.9. The zero-order valence-corrected chi connectivity index (χ0v) is 42.3. The van der Waals surface area contributed by atoms with Crippen molar-refractivity contribution in [2.75, 3.05) is 0 Å². The third kappa shape index (κ3) is 17.8. The van der Waals surface area contributed by atoms with Crippen LogP contribution in [0.25, 0.3) is 16.9 Å². The van der Waals surface area contributed by atoms with Crippen LogP contribution in [0.2, 0.25) is 10.8 Å². The van der Waals surface area contributed by atoms with Gasteiger partial charge in [-0.1, -0.05) is 145 Å². The Bertz CT molecular complexity index is 1470. The van der Waals surface area contributed by atoms with Gasteiger partial charge in [0.1, 0.15) is 0 Å². The molecule has 3 heteroatoms. The van der Waals surface area contributed by atoms with Crippen LogP contribution in [0.15, 0.2) is 35.4 Å². The van der Waals surface area contributed by atoms with Gasteiger partial charge >= 0.3 is 28.8 Å². The van der Waals surface area contributed by atoms with Gasteiger partial charge in [-0.25, -0.2) is 4.70 Å². The van der Waals surface area contributed by atoms with Crippen molar-refractivity contribution in [3.05, 3.63) is 85.5 Å². The summed E-state index contributed by atoms with van der Waals surface area (Å²) in [5.74, 6) is 0. The van der Waals surface area contributed by atoms with Crippen molar-refractivity contribution in [2.24, 2.45) is 0 Å². The van der Waals surface area contributed by atoms with Crippen molar-refractivity contribution in [1.82, 2.24) is 0 Å². The molecule has 0 fully saturated rings. The predicted molar refractivity (Wildman–Crippen MR) is 260 cm³/mol. The second-order valence-electron chi connectivity index (χ2n) is 17.8. The monoisotopic (exact) mass is 901 g/mol. The molecular weight excluding hydrogens is 807 g/mol. The third-order valence-corrected chi connectivity index (χ3v) is 12.6. The predicted octanol–water partition coefficient (Wildman–Crippen LogP) is 18.8. The molecule has 0 aromatic heterocycles. The Balaban J connectivity index is 0.00000387. The summed E-state index contributed by atoms with van der Waals surface area (Å²) < 4.78 is 1.73. The number of aryl methyl sites for hydroxylation is 4. The molecule has 0 atom stereocenters. The number of hydrogen-bond donors (Lipinski definition) is 0. The van der Waals surface area contributed by atoms with Crippen LogP contribution in [0.5, 0.6) is 0 Å². The second kappa shape index (κ2) is 32.8. The number of nitrogens with zero attached hydrogens (tertiary/aromatic N) is 2. The van der Waals surface area contributed by atoms with Crippen molar-refractivity contribution in [2.45, 2.75) is 259 Å². The molecule has 0 saturated heterocycles. The second-order valence-corrected chi connectivity index (χ2v) is 19.3. The summed E-state index contributed by atoms with van der Waals surface area (Å²) in [6, 6.07) is 10.2. The Morgan fingerprint density at radius 1 is 0.356 bits per heavy atom. The number of allylic oxidation sites excluding steroid dienone is 2. The maximum atomic E-state index is 12.9. The Morgan fingerprint density at radius 2 is 0.610 bits per heavy atom. The summed E-state index contributed by atoms with van der Waals surface area (Å²) in [6.07, 6.45) is 36.5. The number of rotatable bonds is 32. The van der Waals surface area contributed by atoms with E-state index in [9.17, 15) is 5.53 Å². The van der Waals surface area contributed by atoms with E-state index in [2.05, 4.69) is 90.4 Å². The van der Waals surface area contributed by atoms with Gasteiger partial charge in [0.25, 0.3) is 0 Å². The molecule has 0 radical (unpaired) electrons. The molecule has 1 aliphatic rings. The fourth-order valence-electron chi connectivity index (χ4n) is 9.20. The Labute approximate surface area is 376 Å². The molecular formula is C56H94N2Pd. The van der Waals surface area contributed by atoms with Gasteiger partial charge in [-0.2, -0.15) is 0 Å². The van der Waals surface area contributed by atoms with Crippen LogP contribution in [0, 0.1) is 0 Å². The molecule has 0 saturated carbocycles. The average molecular weight is 902 g/mol. The van der Waals surface area contributed by atoms with E-state index in [1.807, 2.05) is 0 Å². The fraction of sp³-hybridized carbons (Fsp3) is 0.714. The molecule has 2 nitrogen and oxygen atoms in total. The van der Waals surface area contributed by atoms with Crippen molar-refractivity contribution >= 4 is 11.4 Å². The first-order valence-electron chi connectivity index (χ1n) is 25.3. The van der Waals surface area contributed by atoms with E-state index in [0.717, 1.165) is 80.7 Å². The molecule has 0 unspecified atom stereocenters. The first kappa shape index (κ1) is 53.3. The average Bonchev–Trinajstić information content (AvgIpc) is 3.51. The van der Waals surface area contributed by atoms with E-state index >= 15 is 0 Å². The van der Waals surface area contributed by atoms with Crippen molar-refractivity contribution in [1.29, 1.82) is 0 Å². The molecule has 2 aromatic carbocycles. The Morgan fingerprint density at radius 3 is 0.949 bits per heavy atom. The van der Waals surface area contributed by atoms with Crippen molar-refractivity contribution in [3.8, 4) is 0 Å². The van der Waals surface area contributed by atoms with Crippen LogP contribution in [0.4, 0.5) is 0 Å². The van der Waals surface area contributed by atoms with Gasteiger partial charge in [0.15, 0.2) is 0 Å². The standard InChI is InChI=1S/C54H88N2.2CH3.Pd/c1-9-17-25-26-27-30-38-52-51(35-24-16-8)53(47-39-43(31-20-12-4)49(36-28-18-10-2)44(40-47)32-21-13-5)56(55)54(52)48-41-45(33-22-14-6)50(37-29-19-11-3)46(42-48)34-23-15-7;;;/h39-42H,9-38H2,1-8H3;2*1H3;. The fourth-order valence-corrected chi connectivity index (χ4v) is 9.20. The molecule has 0 N–H and O–H groups in total. The van der Waals surface area contributed by atoms with Gasteiger partial charge in [0.2, 0.25) is 11.4 Å². The van der Waals surface area contributed by atoms with Crippen molar-refractivity contribution in [3.63, 3.8) is 0 Å². The van der Waals surface area contributed by atoms with Crippen LogP contribution in [0.1, 0.15) is 254 Å². The van der Waals surface area contributed by atoms with E-state index < -0.39 is 0 Å². The van der Waals surface area contributed by atoms with Crippen LogP contribution in [-0.4, -0.2) is 4.70 Å². The molecule has 0 bridgehead atoms. The molecule has 1 heterocycles. The van der Waals surface area contributed by atoms with Crippen LogP contribution in [-0.2, 0) is 56.5 Å². The zero-order valence-electron chi connectivity index (χ0n) is 40.7. The first-order valence-corrected chi connectivity index (χ1v) is 28.4. The van der Waals surface area contributed by atoms with E-state index in [1.165, 1.54) is 164 Å². The first-order chi connectivity index (χ1) is 28.8. The molecule has 1 aliphatic heterocycles.